The molecule has 1 fully saturated rings. The normalized spacial score (nSPS) is 14.6. The summed E-state index contributed by atoms with van der Waals surface area (Å²) < 4.78 is 18.7. The molecule has 0 unspecified atom stereocenters. The minimum Gasteiger partial charge on any atom is -0.378 e. The number of morpholine rings is 1. The highest BCUT2D eigenvalue weighted by atomic mass is 19.1. The van der Waals surface area contributed by atoms with Crippen molar-refractivity contribution in [2.24, 2.45) is 0 Å². The molecule has 1 aliphatic heterocycles. The number of carbonyl (C=O) groups excluding carboxylic acids is 1. The number of ether oxygens (including phenoxy) is 1. The van der Waals surface area contributed by atoms with Gasteiger partial charge in [0.25, 0.3) is 0 Å². The maximum Gasteiger partial charge on any atom is 0.228 e. The lowest BCUT2D eigenvalue weighted by Gasteiger charge is -2.30. The number of hydrogen-bond acceptors (Lipinski definition) is 3. The molecule has 2 N–H and O–H groups in total. The van der Waals surface area contributed by atoms with Crippen molar-refractivity contribution in [1.82, 2.24) is 4.98 Å². The molecule has 1 amide bonds. The molecule has 0 saturated carbocycles. The van der Waals surface area contributed by atoms with E-state index in [2.05, 4.69) is 15.2 Å². The van der Waals surface area contributed by atoms with Gasteiger partial charge in [-0.15, -0.1) is 0 Å². The number of aromatic nitrogens is 1. The Balaban J connectivity index is 1.51. The quantitative estimate of drug-likeness (QED) is 0.756. The zero-order valence-corrected chi connectivity index (χ0v) is 14.3. The summed E-state index contributed by atoms with van der Waals surface area (Å²) >= 11 is 0. The van der Waals surface area contributed by atoms with Crippen LogP contribution in [0.3, 0.4) is 0 Å². The number of anilines is 2. The van der Waals surface area contributed by atoms with Gasteiger partial charge >= 0.3 is 0 Å². The van der Waals surface area contributed by atoms with Gasteiger partial charge in [0.1, 0.15) is 5.82 Å². The van der Waals surface area contributed by atoms with Crippen molar-refractivity contribution in [2.45, 2.75) is 6.42 Å². The zero-order valence-electron chi connectivity index (χ0n) is 14.3. The number of para-hydroxylation sites is 2. The van der Waals surface area contributed by atoms with Gasteiger partial charge in [-0.2, -0.15) is 0 Å². The average Bonchev–Trinajstić information content (AvgIpc) is 3.04. The van der Waals surface area contributed by atoms with Crippen LogP contribution in [-0.2, 0) is 16.0 Å². The fraction of sp³-hybridized carbons (Fsp3) is 0.250. The molecule has 0 aliphatic carbocycles. The number of nitrogens with one attached hydrogen (secondary N) is 2. The maximum atomic E-state index is 13.3. The van der Waals surface area contributed by atoms with E-state index in [1.54, 1.807) is 12.3 Å². The molecule has 1 aromatic heterocycles. The Morgan fingerprint density at radius 3 is 2.85 bits per heavy atom. The number of benzene rings is 2. The Morgan fingerprint density at radius 1 is 1.19 bits per heavy atom. The molecule has 5 nitrogen and oxygen atoms in total. The summed E-state index contributed by atoms with van der Waals surface area (Å²) in [6.07, 6.45) is 1.99. The van der Waals surface area contributed by atoms with E-state index in [9.17, 15) is 9.18 Å². The first-order valence-electron chi connectivity index (χ1n) is 8.68. The van der Waals surface area contributed by atoms with Gasteiger partial charge in [0.05, 0.1) is 31.0 Å². The highest BCUT2D eigenvalue weighted by Gasteiger charge is 2.16. The predicted octanol–water partition coefficient (Wildman–Crippen LogP) is 3.32. The van der Waals surface area contributed by atoms with E-state index in [4.69, 9.17) is 4.74 Å². The Labute approximate surface area is 150 Å². The number of H-pyrrole nitrogens is 1. The molecule has 3 aromatic rings. The van der Waals surface area contributed by atoms with Gasteiger partial charge in [-0.25, -0.2) is 4.39 Å². The zero-order chi connectivity index (χ0) is 17.9. The monoisotopic (exact) mass is 353 g/mol. The van der Waals surface area contributed by atoms with E-state index in [0.29, 0.717) is 18.7 Å². The molecule has 2 aromatic carbocycles. The Morgan fingerprint density at radius 2 is 2.00 bits per heavy atom. The molecule has 0 radical (unpaired) electrons. The van der Waals surface area contributed by atoms with E-state index >= 15 is 0 Å². The highest BCUT2D eigenvalue weighted by Crippen LogP contribution is 2.27. The Kier molecular flexibility index (Phi) is 4.58. The second-order valence-electron chi connectivity index (χ2n) is 6.35. The first-order valence-corrected chi connectivity index (χ1v) is 8.68. The summed E-state index contributed by atoms with van der Waals surface area (Å²) in [6.45, 7) is 2.99. The maximum absolute atomic E-state index is 13.3. The first kappa shape index (κ1) is 16.6. The molecule has 1 saturated heterocycles. The highest BCUT2D eigenvalue weighted by molar-refractivity contribution is 5.98. The number of rotatable bonds is 4. The third kappa shape index (κ3) is 3.41. The van der Waals surface area contributed by atoms with E-state index < -0.39 is 0 Å². The van der Waals surface area contributed by atoms with E-state index in [1.807, 2.05) is 24.3 Å². The standard InChI is InChI=1S/C20H20FN3O2/c21-15-5-6-16-14(13-22-18(16)12-15)11-20(25)23-17-3-1-2-4-19(17)24-7-9-26-10-8-24/h1-6,12-13,22H,7-11H2,(H,23,25). The van der Waals surface area contributed by atoms with Crippen LogP contribution in [-0.4, -0.2) is 37.2 Å². The minimum absolute atomic E-state index is 0.101. The number of aromatic amines is 1. The number of halogens is 1. The van der Waals surface area contributed by atoms with Crippen LogP contribution >= 0.6 is 0 Å². The predicted molar refractivity (Wildman–Crippen MR) is 100 cm³/mol. The van der Waals surface area contributed by atoms with E-state index in [0.717, 1.165) is 35.4 Å². The van der Waals surface area contributed by atoms with E-state index in [-0.39, 0.29) is 18.1 Å². The fourth-order valence-electron chi connectivity index (χ4n) is 3.33. The molecule has 1 aliphatic rings. The van der Waals surface area contributed by atoms with Crippen LogP contribution < -0.4 is 10.2 Å². The molecule has 4 rings (SSSR count). The van der Waals surface area contributed by atoms with Gasteiger partial charge < -0.3 is 19.9 Å². The van der Waals surface area contributed by atoms with Gasteiger partial charge in [-0.3, -0.25) is 4.79 Å². The Hall–Kier alpha value is -2.86. The largest absolute Gasteiger partial charge is 0.378 e. The summed E-state index contributed by atoms with van der Waals surface area (Å²) in [7, 11) is 0. The van der Waals surface area contributed by atoms with Crippen molar-refractivity contribution in [3.05, 3.63) is 60.0 Å². The van der Waals surface area contributed by atoms with E-state index in [1.165, 1.54) is 12.1 Å². The second kappa shape index (κ2) is 7.17. The molecular formula is C20H20FN3O2. The molecule has 26 heavy (non-hydrogen) atoms. The van der Waals surface area contributed by atoms with Crippen molar-refractivity contribution < 1.29 is 13.9 Å². The van der Waals surface area contributed by atoms with Gasteiger partial charge in [0.15, 0.2) is 0 Å². The molecule has 134 valence electrons. The average molecular weight is 353 g/mol. The van der Waals surface area contributed by atoms with Crippen LogP contribution in [0.15, 0.2) is 48.7 Å². The smallest absolute Gasteiger partial charge is 0.228 e. The summed E-state index contributed by atoms with van der Waals surface area (Å²) in [5.41, 5.74) is 3.35. The van der Waals surface area contributed by atoms with Crippen molar-refractivity contribution in [3.8, 4) is 0 Å². The fourth-order valence-corrected chi connectivity index (χ4v) is 3.33. The summed E-state index contributed by atoms with van der Waals surface area (Å²) in [6, 6.07) is 12.3. The number of fused-ring (bicyclic) bond motifs is 1. The third-order valence-electron chi connectivity index (χ3n) is 4.61. The number of hydrogen-bond donors (Lipinski definition) is 2. The van der Waals surface area contributed by atoms with Gasteiger partial charge in [-0.05, 0) is 35.9 Å². The molecule has 0 spiro atoms. The molecule has 6 heteroatoms. The van der Waals surface area contributed by atoms with Gasteiger partial charge in [-0.1, -0.05) is 12.1 Å². The number of amides is 1. The molecule has 0 bridgehead atoms. The number of nitrogens with zero attached hydrogens (tertiary/aromatic N) is 1. The molecule has 0 atom stereocenters. The lowest BCUT2D eigenvalue weighted by atomic mass is 10.1. The SMILES string of the molecule is O=C(Cc1c[nH]c2cc(F)ccc12)Nc1ccccc1N1CCOCC1. The van der Waals surface area contributed by atoms with Crippen LogP contribution in [0.1, 0.15) is 5.56 Å². The lowest BCUT2D eigenvalue weighted by Crippen LogP contribution is -2.36. The van der Waals surface area contributed by atoms with Gasteiger partial charge in [0, 0.05) is 30.2 Å². The third-order valence-corrected chi connectivity index (χ3v) is 4.61. The lowest BCUT2D eigenvalue weighted by molar-refractivity contribution is -0.115. The van der Waals surface area contributed by atoms with Crippen LogP contribution in [0, 0.1) is 5.82 Å². The topological polar surface area (TPSA) is 57.4 Å². The van der Waals surface area contributed by atoms with Crippen LogP contribution in [0.2, 0.25) is 0 Å². The van der Waals surface area contributed by atoms with Crippen LogP contribution in [0.25, 0.3) is 10.9 Å². The molecular weight excluding hydrogens is 333 g/mol. The van der Waals surface area contributed by atoms with Crippen molar-refractivity contribution in [1.29, 1.82) is 0 Å². The van der Waals surface area contributed by atoms with Crippen LogP contribution in [0.5, 0.6) is 0 Å². The summed E-state index contributed by atoms with van der Waals surface area (Å²) in [5, 5.41) is 3.88. The molecule has 2 heterocycles. The minimum atomic E-state index is -0.296. The van der Waals surface area contributed by atoms with Crippen molar-refractivity contribution >= 4 is 28.2 Å². The Bertz CT molecular complexity index is 932. The van der Waals surface area contributed by atoms with Gasteiger partial charge in [0.2, 0.25) is 5.91 Å². The second-order valence-corrected chi connectivity index (χ2v) is 6.35. The van der Waals surface area contributed by atoms with Crippen molar-refractivity contribution in [3.63, 3.8) is 0 Å². The summed E-state index contributed by atoms with van der Waals surface area (Å²) in [4.78, 5) is 17.8. The summed E-state index contributed by atoms with van der Waals surface area (Å²) in [5.74, 6) is -0.397. The first-order chi connectivity index (χ1) is 12.7. The van der Waals surface area contributed by atoms with Crippen LogP contribution in [0.4, 0.5) is 15.8 Å². The number of carbonyl (C=O) groups is 1. The van der Waals surface area contributed by atoms with Crippen molar-refractivity contribution in [2.75, 3.05) is 36.5 Å².